The van der Waals surface area contributed by atoms with E-state index in [1.54, 1.807) is 12.1 Å². The first kappa shape index (κ1) is 14.1. The van der Waals surface area contributed by atoms with Gasteiger partial charge >= 0.3 is 7.12 Å². The van der Waals surface area contributed by atoms with Crippen molar-refractivity contribution in [2.24, 2.45) is 0 Å². The number of rotatable bonds is 3. The molecule has 2 aromatic rings. The Bertz CT molecular complexity index is 605. The first-order valence-electron chi connectivity index (χ1n) is 5.53. The zero-order chi connectivity index (χ0) is 14.0. The quantitative estimate of drug-likeness (QED) is 0.667. The smallest absolute Gasteiger partial charge is 0.423 e. The summed E-state index contributed by atoms with van der Waals surface area (Å²) in [6.07, 6.45) is 1.85. The van der Waals surface area contributed by atoms with Crippen LogP contribution in [0.1, 0.15) is 0 Å². The molecule has 0 heterocycles. The second-order valence-corrected chi connectivity index (χ2v) is 4.78. The summed E-state index contributed by atoms with van der Waals surface area (Å²) < 4.78 is 26.6. The SMILES string of the molecule is CSc1ccccc1-c1cc(F)c(F)cc1B(O)O. The summed E-state index contributed by atoms with van der Waals surface area (Å²) >= 11 is 1.44. The minimum absolute atomic E-state index is 0.0552. The summed E-state index contributed by atoms with van der Waals surface area (Å²) in [7, 11) is -1.86. The van der Waals surface area contributed by atoms with Crippen LogP contribution in [0.4, 0.5) is 8.78 Å². The van der Waals surface area contributed by atoms with Gasteiger partial charge in [0.05, 0.1) is 0 Å². The summed E-state index contributed by atoms with van der Waals surface area (Å²) in [5.74, 6) is -2.12. The Balaban J connectivity index is 2.70. The molecule has 98 valence electrons. The summed E-state index contributed by atoms with van der Waals surface area (Å²) in [5, 5.41) is 18.6. The van der Waals surface area contributed by atoms with Crippen molar-refractivity contribution in [1.82, 2.24) is 0 Å². The van der Waals surface area contributed by atoms with Crippen LogP contribution >= 0.6 is 11.8 Å². The van der Waals surface area contributed by atoms with E-state index in [-0.39, 0.29) is 11.0 Å². The Morgan fingerprint density at radius 1 is 1.00 bits per heavy atom. The van der Waals surface area contributed by atoms with Gasteiger partial charge in [0.1, 0.15) is 0 Å². The Kier molecular flexibility index (Phi) is 4.24. The van der Waals surface area contributed by atoms with E-state index in [1.807, 2.05) is 18.4 Å². The van der Waals surface area contributed by atoms with Crippen molar-refractivity contribution in [2.45, 2.75) is 4.90 Å². The molecule has 0 radical (unpaired) electrons. The number of thioether (sulfide) groups is 1. The molecule has 6 heteroatoms. The van der Waals surface area contributed by atoms with Gasteiger partial charge in [0.15, 0.2) is 11.6 Å². The molecule has 0 fully saturated rings. The predicted octanol–water partition coefficient (Wildman–Crippen LogP) is 2.03. The van der Waals surface area contributed by atoms with E-state index in [0.717, 1.165) is 17.0 Å². The molecule has 0 saturated carbocycles. The number of hydrogen-bond donors (Lipinski definition) is 2. The average Bonchev–Trinajstić information content (AvgIpc) is 2.41. The third-order valence-corrected chi connectivity index (χ3v) is 3.56. The predicted molar refractivity (Wildman–Crippen MR) is 73.4 cm³/mol. The number of hydrogen-bond acceptors (Lipinski definition) is 3. The largest absolute Gasteiger partial charge is 0.489 e. The summed E-state index contributed by atoms with van der Waals surface area (Å²) in [6, 6.07) is 8.93. The molecule has 0 atom stereocenters. The first-order chi connectivity index (χ1) is 9.04. The van der Waals surface area contributed by atoms with Crippen LogP contribution < -0.4 is 5.46 Å². The summed E-state index contributed by atoms with van der Waals surface area (Å²) in [5.41, 5.74) is 0.858. The minimum Gasteiger partial charge on any atom is -0.423 e. The van der Waals surface area contributed by atoms with Gasteiger partial charge in [0, 0.05) is 4.90 Å². The van der Waals surface area contributed by atoms with E-state index in [9.17, 15) is 18.8 Å². The fraction of sp³-hybridized carbons (Fsp3) is 0.0769. The molecule has 0 aliphatic rings. The lowest BCUT2D eigenvalue weighted by molar-refractivity contribution is 0.425. The fourth-order valence-electron chi connectivity index (χ4n) is 1.88. The molecule has 0 aromatic heterocycles. The van der Waals surface area contributed by atoms with Crippen molar-refractivity contribution >= 4 is 24.3 Å². The third kappa shape index (κ3) is 2.81. The van der Waals surface area contributed by atoms with E-state index in [1.165, 1.54) is 11.8 Å². The van der Waals surface area contributed by atoms with Crippen LogP contribution in [0, 0.1) is 11.6 Å². The van der Waals surface area contributed by atoms with Gasteiger partial charge in [-0.25, -0.2) is 8.78 Å². The first-order valence-corrected chi connectivity index (χ1v) is 6.75. The van der Waals surface area contributed by atoms with Gasteiger partial charge < -0.3 is 10.0 Å². The molecule has 0 bridgehead atoms. The van der Waals surface area contributed by atoms with Gasteiger partial charge in [-0.1, -0.05) is 18.2 Å². The molecule has 2 nitrogen and oxygen atoms in total. The average molecular weight is 280 g/mol. The molecular weight excluding hydrogens is 269 g/mol. The lowest BCUT2D eigenvalue weighted by Crippen LogP contribution is -2.32. The Morgan fingerprint density at radius 3 is 2.26 bits per heavy atom. The third-order valence-electron chi connectivity index (χ3n) is 2.77. The molecule has 0 spiro atoms. The van der Waals surface area contributed by atoms with Crippen molar-refractivity contribution < 1.29 is 18.8 Å². The number of benzene rings is 2. The van der Waals surface area contributed by atoms with Crippen LogP contribution in [-0.4, -0.2) is 23.4 Å². The van der Waals surface area contributed by atoms with Crippen LogP contribution in [0.3, 0.4) is 0 Å². The van der Waals surface area contributed by atoms with Gasteiger partial charge in [-0.3, -0.25) is 0 Å². The van der Waals surface area contributed by atoms with Crippen LogP contribution in [0.25, 0.3) is 11.1 Å². The molecule has 2 N–H and O–H groups in total. The molecule has 19 heavy (non-hydrogen) atoms. The Labute approximate surface area is 114 Å². The minimum atomic E-state index is -1.86. The molecule has 0 amide bonds. The van der Waals surface area contributed by atoms with Gasteiger partial charge in [0.2, 0.25) is 0 Å². The number of halogens is 2. The normalized spacial score (nSPS) is 10.6. The van der Waals surface area contributed by atoms with Crippen molar-refractivity contribution in [1.29, 1.82) is 0 Å². The van der Waals surface area contributed by atoms with E-state index in [4.69, 9.17) is 0 Å². The van der Waals surface area contributed by atoms with Gasteiger partial charge in [-0.15, -0.1) is 11.8 Å². The van der Waals surface area contributed by atoms with Gasteiger partial charge in [-0.05, 0) is 41.0 Å². The second-order valence-electron chi connectivity index (χ2n) is 3.93. The highest BCUT2D eigenvalue weighted by molar-refractivity contribution is 7.98. The van der Waals surface area contributed by atoms with E-state index in [0.29, 0.717) is 5.56 Å². The van der Waals surface area contributed by atoms with E-state index >= 15 is 0 Å². The van der Waals surface area contributed by atoms with Crippen molar-refractivity contribution in [2.75, 3.05) is 6.26 Å². The van der Waals surface area contributed by atoms with Crippen LogP contribution in [0.15, 0.2) is 41.3 Å². The summed E-state index contributed by atoms with van der Waals surface area (Å²) in [6.45, 7) is 0. The van der Waals surface area contributed by atoms with Crippen LogP contribution in [0.5, 0.6) is 0 Å². The van der Waals surface area contributed by atoms with Crippen molar-refractivity contribution in [3.05, 3.63) is 48.0 Å². The Hall–Kier alpha value is -1.37. The van der Waals surface area contributed by atoms with E-state index < -0.39 is 18.8 Å². The molecule has 0 saturated heterocycles. The standard InChI is InChI=1S/C13H11BF2O2S/c1-19-13-5-3-2-4-8(13)9-6-11(15)12(16)7-10(9)14(17)18/h2-7,17-18H,1H3. The van der Waals surface area contributed by atoms with Crippen molar-refractivity contribution in [3.8, 4) is 11.1 Å². The second kappa shape index (κ2) is 5.73. The maximum atomic E-state index is 13.4. The van der Waals surface area contributed by atoms with Crippen LogP contribution in [-0.2, 0) is 0 Å². The topological polar surface area (TPSA) is 40.5 Å². The van der Waals surface area contributed by atoms with E-state index in [2.05, 4.69) is 0 Å². The van der Waals surface area contributed by atoms with Gasteiger partial charge in [-0.2, -0.15) is 0 Å². The Morgan fingerprint density at radius 2 is 1.63 bits per heavy atom. The molecular formula is C13H11BF2O2S. The molecule has 0 unspecified atom stereocenters. The highest BCUT2D eigenvalue weighted by atomic mass is 32.2. The molecule has 2 aromatic carbocycles. The molecule has 0 aliphatic carbocycles. The lowest BCUT2D eigenvalue weighted by atomic mass is 9.75. The fourth-order valence-corrected chi connectivity index (χ4v) is 2.49. The molecule has 0 aliphatic heterocycles. The highest BCUT2D eigenvalue weighted by Gasteiger charge is 2.21. The summed E-state index contributed by atoms with van der Waals surface area (Å²) in [4.78, 5) is 0.843. The lowest BCUT2D eigenvalue weighted by Gasteiger charge is -2.13. The maximum absolute atomic E-state index is 13.4. The zero-order valence-corrected chi connectivity index (χ0v) is 10.9. The zero-order valence-electron chi connectivity index (χ0n) is 10.1. The monoisotopic (exact) mass is 280 g/mol. The van der Waals surface area contributed by atoms with Crippen molar-refractivity contribution in [3.63, 3.8) is 0 Å². The molecule has 2 rings (SSSR count). The van der Waals surface area contributed by atoms with Gasteiger partial charge in [0.25, 0.3) is 0 Å². The highest BCUT2D eigenvalue weighted by Crippen LogP contribution is 2.29. The van der Waals surface area contributed by atoms with Crippen LogP contribution in [0.2, 0.25) is 0 Å². The maximum Gasteiger partial charge on any atom is 0.489 e.